The van der Waals surface area contributed by atoms with Gasteiger partial charge in [0.1, 0.15) is 0 Å². The van der Waals surface area contributed by atoms with E-state index in [-0.39, 0.29) is 0 Å². The molecule has 4 heterocycles. The lowest BCUT2D eigenvalue weighted by Crippen LogP contribution is -2.18. The molecule has 2 aliphatic heterocycles. The highest BCUT2D eigenvalue weighted by Crippen LogP contribution is 2.52. The van der Waals surface area contributed by atoms with Crippen LogP contribution in [0.5, 0.6) is 0 Å². The molecule has 0 aliphatic carbocycles. The van der Waals surface area contributed by atoms with Crippen molar-refractivity contribution in [1.82, 2.24) is 9.55 Å². The van der Waals surface area contributed by atoms with E-state index in [1.807, 2.05) is 11.8 Å². The van der Waals surface area contributed by atoms with E-state index in [4.69, 9.17) is 4.98 Å². The molecule has 2 aromatic heterocycles. The van der Waals surface area contributed by atoms with Gasteiger partial charge in [-0.3, -0.25) is 0 Å². The van der Waals surface area contributed by atoms with E-state index < -0.39 is 0 Å². The lowest BCUT2D eigenvalue weighted by molar-refractivity contribution is 1.09. The maximum Gasteiger partial charge on any atom is 0.0811 e. The number of anilines is 3. The van der Waals surface area contributed by atoms with Crippen LogP contribution in [0.1, 0.15) is 11.1 Å². The normalized spacial score (nSPS) is 12.8. The van der Waals surface area contributed by atoms with Gasteiger partial charge >= 0.3 is 0 Å². The smallest absolute Gasteiger partial charge is 0.0811 e. The van der Waals surface area contributed by atoms with Crippen LogP contribution in [0.25, 0.3) is 82.7 Å². The van der Waals surface area contributed by atoms with Crippen molar-refractivity contribution in [3.05, 3.63) is 211 Å². The first-order valence-electron chi connectivity index (χ1n) is 20.6. The molecule has 0 spiro atoms. The van der Waals surface area contributed by atoms with E-state index in [2.05, 4.69) is 210 Å². The van der Waals surface area contributed by atoms with Gasteiger partial charge in [0.25, 0.3) is 0 Å². The minimum atomic E-state index is 0.886. The van der Waals surface area contributed by atoms with Gasteiger partial charge in [-0.25, -0.2) is 4.98 Å². The molecule has 0 fully saturated rings. The van der Waals surface area contributed by atoms with E-state index in [0.717, 1.165) is 17.6 Å². The number of hydrogen-bond donors (Lipinski definition) is 0. The second-order valence-corrected chi connectivity index (χ2v) is 17.0. The lowest BCUT2D eigenvalue weighted by atomic mass is 9.89. The third-order valence-corrected chi connectivity index (χ3v) is 13.7. The Kier molecular flexibility index (Phi) is 7.30. The summed E-state index contributed by atoms with van der Waals surface area (Å²) in [6, 6.07) is 73.3. The summed E-state index contributed by atoms with van der Waals surface area (Å²) in [6.45, 7) is 0. The molecule has 2 aliphatic rings. The molecule has 0 unspecified atom stereocenters. The van der Waals surface area contributed by atoms with Gasteiger partial charge in [0.15, 0.2) is 0 Å². The number of rotatable bonds is 4. The summed E-state index contributed by atoms with van der Waals surface area (Å²) < 4.78 is 2.38. The van der Waals surface area contributed by atoms with Crippen LogP contribution in [0.2, 0.25) is 0 Å². The molecule has 280 valence electrons. The van der Waals surface area contributed by atoms with Gasteiger partial charge in [0.05, 0.1) is 22.2 Å². The topological polar surface area (TPSA) is 21.1 Å². The summed E-state index contributed by atoms with van der Waals surface area (Å²) in [4.78, 5) is 10.4. The molecule has 60 heavy (non-hydrogen) atoms. The summed E-state index contributed by atoms with van der Waals surface area (Å²) in [5, 5.41) is 6.19. The van der Waals surface area contributed by atoms with Gasteiger partial charge in [-0.2, -0.15) is 0 Å². The molecule has 9 aromatic carbocycles. The first-order valence-corrected chi connectivity index (χ1v) is 21.4. The van der Waals surface area contributed by atoms with Gasteiger partial charge in [-0.15, -0.1) is 0 Å². The van der Waals surface area contributed by atoms with Crippen LogP contribution in [0.4, 0.5) is 17.1 Å². The molecule has 4 heteroatoms. The SMILES string of the molecule is c1ccc(N2c3ccccc3Cc3cc(-c4ccc5c6c(nc7ccccc7c46)-c4cc(-c6ccc7c(c6)c6ccccc6n7-c6ccccc6)ccc4S5)ccc32)cc1. The molecule has 0 radical (unpaired) electrons. The van der Waals surface area contributed by atoms with Crippen molar-refractivity contribution in [1.29, 1.82) is 0 Å². The molecule has 13 rings (SSSR count). The van der Waals surface area contributed by atoms with E-state index in [1.165, 1.54) is 109 Å². The van der Waals surface area contributed by atoms with Crippen molar-refractivity contribution in [3.63, 3.8) is 0 Å². The summed E-state index contributed by atoms with van der Waals surface area (Å²) >= 11 is 1.86. The average molecular weight is 782 g/mol. The van der Waals surface area contributed by atoms with E-state index in [0.29, 0.717) is 0 Å². The predicted molar refractivity (Wildman–Crippen MR) is 252 cm³/mol. The summed E-state index contributed by atoms with van der Waals surface area (Å²) in [5.74, 6) is 0. The third-order valence-electron chi connectivity index (χ3n) is 12.5. The standard InChI is InChI=1S/C56H35N3S/c1-3-14-40(15-4-1)58-48-21-11-7-13-38(48)32-39-31-37(24-27-49(39)58)42-26-30-53-55-54(42)44-19-8-10-20-47(44)57-56(55)46-34-36(25-29-52(46)60-53)35-23-28-51-45(33-35)43-18-9-12-22-50(43)59(51)41-16-5-2-6-17-41/h1-31,33-34H,32H2. The quantitative estimate of drug-likeness (QED) is 0.166. The number of para-hydroxylation sites is 5. The number of nitrogens with zero attached hydrogens (tertiary/aromatic N) is 3. The van der Waals surface area contributed by atoms with Crippen molar-refractivity contribution in [2.75, 3.05) is 4.90 Å². The number of aromatic nitrogens is 2. The fourth-order valence-electron chi connectivity index (χ4n) is 9.87. The fourth-order valence-corrected chi connectivity index (χ4v) is 10.9. The van der Waals surface area contributed by atoms with Crippen LogP contribution in [-0.2, 0) is 6.42 Å². The minimum absolute atomic E-state index is 0.886. The molecular weight excluding hydrogens is 747 g/mol. The maximum absolute atomic E-state index is 5.49. The largest absolute Gasteiger partial charge is 0.310 e. The van der Waals surface area contributed by atoms with Crippen molar-refractivity contribution in [3.8, 4) is 39.2 Å². The molecule has 0 N–H and O–H groups in total. The van der Waals surface area contributed by atoms with Crippen molar-refractivity contribution >= 4 is 72.3 Å². The zero-order chi connectivity index (χ0) is 39.3. The highest BCUT2D eigenvalue weighted by atomic mass is 32.2. The zero-order valence-corrected chi connectivity index (χ0v) is 33.3. The number of pyridine rings is 1. The molecule has 0 atom stereocenters. The molecular formula is C56H35N3S. The van der Waals surface area contributed by atoms with Crippen LogP contribution >= 0.6 is 11.8 Å². The second-order valence-electron chi connectivity index (χ2n) is 15.9. The third kappa shape index (κ3) is 5.01. The monoisotopic (exact) mass is 781 g/mol. The van der Waals surface area contributed by atoms with E-state index >= 15 is 0 Å². The van der Waals surface area contributed by atoms with Gasteiger partial charge in [-0.05, 0) is 118 Å². The van der Waals surface area contributed by atoms with Gasteiger partial charge in [0, 0.05) is 71.5 Å². The molecule has 0 amide bonds. The molecule has 0 saturated carbocycles. The first kappa shape index (κ1) is 33.6. The average Bonchev–Trinajstić information content (AvgIpc) is 3.65. The van der Waals surface area contributed by atoms with Crippen LogP contribution in [-0.4, -0.2) is 9.55 Å². The highest BCUT2D eigenvalue weighted by molar-refractivity contribution is 7.99. The number of fused-ring (bicyclic) bond motifs is 9. The zero-order valence-electron chi connectivity index (χ0n) is 32.5. The second kappa shape index (κ2) is 13.1. The molecule has 3 nitrogen and oxygen atoms in total. The van der Waals surface area contributed by atoms with Crippen LogP contribution in [0.3, 0.4) is 0 Å². The highest BCUT2D eigenvalue weighted by Gasteiger charge is 2.27. The first-order chi connectivity index (χ1) is 29.7. The molecule has 0 saturated heterocycles. The lowest BCUT2D eigenvalue weighted by Gasteiger charge is -2.34. The molecule has 11 aromatic rings. The summed E-state index contributed by atoms with van der Waals surface area (Å²) in [6.07, 6.45) is 0.886. The Morgan fingerprint density at radius 1 is 0.417 bits per heavy atom. The summed E-state index contributed by atoms with van der Waals surface area (Å²) in [5.41, 5.74) is 18.0. The van der Waals surface area contributed by atoms with Crippen molar-refractivity contribution in [2.24, 2.45) is 0 Å². The fraction of sp³-hybridized carbons (Fsp3) is 0.0179. The predicted octanol–water partition coefficient (Wildman–Crippen LogP) is 15.3. The van der Waals surface area contributed by atoms with E-state index in [9.17, 15) is 0 Å². The Balaban J connectivity index is 0.978. The van der Waals surface area contributed by atoms with Crippen molar-refractivity contribution in [2.45, 2.75) is 16.2 Å². The van der Waals surface area contributed by atoms with Crippen LogP contribution in [0, 0.1) is 0 Å². The van der Waals surface area contributed by atoms with Crippen LogP contribution < -0.4 is 4.90 Å². The van der Waals surface area contributed by atoms with Gasteiger partial charge in [-0.1, -0.05) is 127 Å². The van der Waals surface area contributed by atoms with Crippen molar-refractivity contribution < 1.29 is 0 Å². The Labute approximate surface area is 351 Å². The van der Waals surface area contributed by atoms with Gasteiger partial charge < -0.3 is 9.47 Å². The Morgan fingerprint density at radius 2 is 1.08 bits per heavy atom. The summed E-state index contributed by atoms with van der Waals surface area (Å²) in [7, 11) is 0. The number of benzene rings is 9. The molecule has 0 bridgehead atoms. The Hall–Kier alpha value is -7.40. The Bertz CT molecular complexity index is 3550. The maximum atomic E-state index is 5.49. The van der Waals surface area contributed by atoms with Gasteiger partial charge in [0.2, 0.25) is 0 Å². The Morgan fingerprint density at radius 3 is 1.97 bits per heavy atom. The number of hydrogen-bond acceptors (Lipinski definition) is 3. The van der Waals surface area contributed by atoms with E-state index in [1.54, 1.807) is 0 Å². The minimum Gasteiger partial charge on any atom is -0.310 e. The van der Waals surface area contributed by atoms with Crippen LogP contribution in [0.15, 0.2) is 210 Å².